The normalized spacial score (nSPS) is 25.0. The number of nitrogens with one attached hydrogen (secondary N) is 1. The van der Waals surface area contributed by atoms with Crippen molar-refractivity contribution in [2.75, 3.05) is 11.9 Å². The first-order chi connectivity index (χ1) is 13.5. The van der Waals surface area contributed by atoms with Crippen LogP contribution in [-0.4, -0.2) is 41.9 Å². The number of aliphatic imine (C=N–C) groups is 1. The van der Waals surface area contributed by atoms with Crippen LogP contribution in [0.5, 0.6) is 0 Å². The SMILES string of the molecule is CC1CCC2N=CC(OC3CCCC3)=C2CN1C(=O)Nc1ccc(F)c(Cl)c1. The molecule has 2 atom stereocenters. The third-order valence-corrected chi connectivity index (χ3v) is 6.14. The highest BCUT2D eigenvalue weighted by atomic mass is 35.5. The molecular formula is C21H25ClFN3O2. The number of nitrogens with zero attached hydrogens (tertiary/aromatic N) is 2. The number of carbonyl (C=O) groups excluding carboxylic acids is 1. The monoisotopic (exact) mass is 405 g/mol. The van der Waals surface area contributed by atoms with Crippen molar-refractivity contribution in [3.63, 3.8) is 0 Å². The van der Waals surface area contributed by atoms with E-state index in [1.165, 1.54) is 31.0 Å². The number of urea groups is 1. The van der Waals surface area contributed by atoms with Gasteiger partial charge in [0.1, 0.15) is 11.6 Å². The quantitative estimate of drug-likeness (QED) is 0.754. The second-order valence-corrected chi connectivity index (χ2v) is 8.23. The number of rotatable bonds is 3. The maximum Gasteiger partial charge on any atom is 0.322 e. The van der Waals surface area contributed by atoms with Crippen LogP contribution in [0.4, 0.5) is 14.9 Å². The average molecular weight is 406 g/mol. The molecule has 0 aromatic heterocycles. The molecule has 2 fully saturated rings. The second kappa shape index (κ2) is 8.11. The van der Waals surface area contributed by atoms with Crippen molar-refractivity contribution in [2.24, 2.45) is 4.99 Å². The van der Waals surface area contributed by atoms with Crippen molar-refractivity contribution >= 4 is 29.5 Å². The van der Waals surface area contributed by atoms with E-state index in [2.05, 4.69) is 10.3 Å². The Morgan fingerprint density at radius 1 is 1.29 bits per heavy atom. The van der Waals surface area contributed by atoms with Crippen LogP contribution < -0.4 is 5.32 Å². The van der Waals surface area contributed by atoms with E-state index in [-0.39, 0.29) is 29.2 Å². The van der Waals surface area contributed by atoms with Gasteiger partial charge in [0.25, 0.3) is 0 Å². The lowest BCUT2D eigenvalue weighted by atomic mass is 10.0. The number of halogens is 2. The van der Waals surface area contributed by atoms with Crippen LogP contribution in [0.25, 0.3) is 0 Å². The molecule has 0 spiro atoms. The van der Waals surface area contributed by atoms with Gasteiger partial charge >= 0.3 is 6.03 Å². The lowest BCUT2D eigenvalue weighted by Gasteiger charge is -2.28. The zero-order chi connectivity index (χ0) is 19.7. The fraction of sp³-hybridized carbons (Fsp3) is 0.524. The Labute approximate surface area is 169 Å². The van der Waals surface area contributed by atoms with Gasteiger partial charge < -0.3 is 15.0 Å². The highest BCUT2D eigenvalue weighted by molar-refractivity contribution is 6.31. The smallest absolute Gasteiger partial charge is 0.322 e. The molecule has 4 rings (SSSR count). The molecule has 1 saturated heterocycles. The third-order valence-electron chi connectivity index (χ3n) is 5.85. The maximum atomic E-state index is 13.4. The molecule has 2 unspecified atom stereocenters. The molecular weight excluding hydrogens is 381 g/mol. The lowest BCUT2D eigenvalue weighted by Crippen LogP contribution is -2.42. The summed E-state index contributed by atoms with van der Waals surface area (Å²) in [7, 11) is 0. The number of likely N-dealkylation sites (tertiary alicyclic amines) is 1. The van der Waals surface area contributed by atoms with Crippen LogP contribution in [0.15, 0.2) is 34.5 Å². The van der Waals surface area contributed by atoms with Crippen molar-refractivity contribution in [1.29, 1.82) is 0 Å². The Hall–Kier alpha value is -2.08. The van der Waals surface area contributed by atoms with Crippen LogP contribution in [0, 0.1) is 5.82 Å². The van der Waals surface area contributed by atoms with Crippen LogP contribution in [-0.2, 0) is 4.74 Å². The predicted octanol–water partition coefficient (Wildman–Crippen LogP) is 5.16. The van der Waals surface area contributed by atoms with Crippen molar-refractivity contribution in [3.05, 3.63) is 40.4 Å². The summed E-state index contributed by atoms with van der Waals surface area (Å²) in [5.74, 6) is 0.334. The molecule has 1 aromatic carbocycles. The highest BCUT2D eigenvalue weighted by Gasteiger charge is 2.34. The predicted molar refractivity (Wildman–Crippen MR) is 108 cm³/mol. The molecule has 1 aliphatic carbocycles. The van der Waals surface area contributed by atoms with E-state index < -0.39 is 5.82 Å². The highest BCUT2D eigenvalue weighted by Crippen LogP contribution is 2.32. The standard InChI is InChI=1S/C21H25ClFN3O2/c1-13-6-9-19-16(20(11-24-19)28-15-4-2-3-5-15)12-26(13)21(27)25-14-7-8-18(23)17(22)10-14/h7-8,10-11,13,15,19H,2-6,9,12H2,1H3,(H,25,27). The van der Waals surface area contributed by atoms with Gasteiger partial charge in [-0.15, -0.1) is 0 Å². The largest absolute Gasteiger partial charge is 0.489 e. The molecule has 2 heterocycles. The van der Waals surface area contributed by atoms with Gasteiger partial charge in [-0.05, 0) is 63.6 Å². The Balaban J connectivity index is 1.51. The molecule has 3 aliphatic rings. The molecule has 5 nitrogen and oxygen atoms in total. The first kappa shape index (κ1) is 19.2. The number of anilines is 1. The molecule has 150 valence electrons. The number of hydrogen-bond donors (Lipinski definition) is 1. The average Bonchev–Trinajstić information content (AvgIpc) is 3.27. The minimum absolute atomic E-state index is 0.0130. The number of fused-ring (bicyclic) bond motifs is 1. The summed E-state index contributed by atoms with van der Waals surface area (Å²) < 4.78 is 19.6. The summed E-state index contributed by atoms with van der Waals surface area (Å²) in [5, 5.41) is 2.82. The first-order valence-corrected chi connectivity index (χ1v) is 10.3. The molecule has 1 N–H and O–H groups in total. The molecule has 1 aromatic rings. The number of allylic oxidation sites excluding steroid dienone is 1. The van der Waals surface area contributed by atoms with E-state index in [9.17, 15) is 9.18 Å². The minimum Gasteiger partial charge on any atom is -0.489 e. The second-order valence-electron chi connectivity index (χ2n) is 7.82. The zero-order valence-corrected chi connectivity index (χ0v) is 16.7. The molecule has 1 saturated carbocycles. The summed E-state index contributed by atoms with van der Waals surface area (Å²) in [6, 6.07) is 4.12. The molecule has 0 bridgehead atoms. The van der Waals surface area contributed by atoms with Gasteiger partial charge in [0, 0.05) is 23.8 Å². The number of amides is 2. The van der Waals surface area contributed by atoms with Crippen LogP contribution in [0.2, 0.25) is 5.02 Å². The van der Waals surface area contributed by atoms with Gasteiger partial charge in [-0.3, -0.25) is 4.99 Å². The number of ether oxygens (including phenoxy) is 1. The summed E-state index contributed by atoms with van der Waals surface area (Å²) in [5.41, 5.74) is 1.56. The fourth-order valence-electron chi connectivity index (χ4n) is 4.15. The van der Waals surface area contributed by atoms with Gasteiger partial charge in [-0.2, -0.15) is 0 Å². The van der Waals surface area contributed by atoms with Gasteiger partial charge in [-0.25, -0.2) is 9.18 Å². The third kappa shape index (κ3) is 4.02. The summed E-state index contributed by atoms with van der Waals surface area (Å²) in [6.07, 6.45) is 8.44. The van der Waals surface area contributed by atoms with Crippen LogP contribution >= 0.6 is 11.6 Å². The van der Waals surface area contributed by atoms with E-state index in [4.69, 9.17) is 16.3 Å². The topological polar surface area (TPSA) is 53.9 Å². The Morgan fingerprint density at radius 2 is 2.07 bits per heavy atom. The minimum atomic E-state index is -0.507. The first-order valence-electron chi connectivity index (χ1n) is 9.97. The van der Waals surface area contributed by atoms with Crippen LogP contribution in [0.1, 0.15) is 45.4 Å². The Kier molecular flexibility index (Phi) is 5.58. The van der Waals surface area contributed by atoms with Crippen LogP contribution in [0.3, 0.4) is 0 Å². The maximum absolute atomic E-state index is 13.4. The Morgan fingerprint density at radius 3 is 2.82 bits per heavy atom. The van der Waals surface area contributed by atoms with E-state index in [0.29, 0.717) is 12.2 Å². The molecule has 2 amide bonds. The van der Waals surface area contributed by atoms with Gasteiger partial charge in [0.2, 0.25) is 0 Å². The number of benzene rings is 1. The Bertz CT molecular complexity index is 820. The van der Waals surface area contributed by atoms with E-state index in [1.54, 1.807) is 4.90 Å². The fourth-order valence-corrected chi connectivity index (χ4v) is 4.33. The van der Waals surface area contributed by atoms with Gasteiger partial charge in [-0.1, -0.05) is 11.6 Å². The van der Waals surface area contributed by atoms with Crippen molar-refractivity contribution in [2.45, 2.75) is 63.6 Å². The van der Waals surface area contributed by atoms with E-state index in [0.717, 1.165) is 37.0 Å². The van der Waals surface area contributed by atoms with Crippen molar-refractivity contribution < 1.29 is 13.9 Å². The molecule has 7 heteroatoms. The summed E-state index contributed by atoms with van der Waals surface area (Å²) in [4.78, 5) is 19.4. The molecule has 28 heavy (non-hydrogen) atoms. The number of hydrogen-bond acceptors (Lipinski definition) is 3. The molecule has 0 radical (unpaired) electrons. The summed E-state index contributed by atoms with van der Waals surface area (Å²) >= 11 is 5.83. The van der Waals surface area contributed by atoms with Gasteiger partial charge in [0.05, 0.1) is 23.4 Å². The van der Waals surface area contributed by atoms with Crippen molar-refractivity contribution in [3.8, 4) is 0 Å². The zero-order valence-electron chi connectivity index (χ0n) is 16.0. The summed E-state index contributed by atoms with van der Waals surface area (Å²) in [6.45, 7) is 2.52. The van der Waals surface area contributed by atoms with Crippen molar-refractivity contribution in [1.82, 2.24) is 4.90 Å². The number of carbonyl (C=O) groups is 1. The molecule has 2 aliphatic heterocycles. The lowest BCUT2D eigenvalue weighted by molar-refractivity contribution is 0.134. The van der Waals surface area contributed by atoms with E-state index in [1.807, 2.05) is 13.1 Å². The van der Waals surface area contributed by atoms with E-state index >= 15 is 0 Å². The van der Waals surface area contributed by atoms with Gasteiger partial charge in [0.15, 0.2) is 0 Å².